The molecule has 4 heterocycles. The van der Waals surface area contributed by atoms with Gasteiger partial charge >= 0.3 is 0 Å². The summed E-state index contributed by atoms with van der Waals surface area (Å²) in [5.41, 5.74) is 4.35. The number of benzene rings is 1. The highest BCUT2D eigenvalue weighted by Gasteiger charge is 2.31. The van der Waals surface area contributed by atoms with E-state index < -0.39 is 0 Å². The number of carbonyl (C=O) groups is 2. The van der Waals surface area contributed by atoms with Gasteiger partial charge in [-0.25, -0.2) is 0 Å². The molecule has 33 heavy (non-hydrogen) atoms. The minimum atomic E-state index is 0.0699. The SMILES string of the molecule is C=CCn1c2c(c3cc(C(=O)N4CCC(C)CC4)ccc31)CN(C(=O)C1CCOCC1)CC2. The van der Waals surface area contributed by atoms with Gasteiger partial charge in [0.15, 0.2) is 0 Å². The molecule has 6 heteroatoms. The van der Waals surface area contributed by atoms with Crippen molar-refractivity contribution in [1.82, 2.24) is 14.4 Å². The second-order valence-corrected chi connectivity index (χ2v) is 9.93. The van der Waals surface area contributed by atoms with Crippen LogP contribution in [0.1, 0.15) is 54.2 Å². The van der Waals surface area contributed by atoms with Crippen LogP contribution in [0.15, 0.2) is 30.9 Å². The molecular formula is C27H35N3O3. The number of amides is 2. The molecule has 1 aromatic carbocycles. The van der Waals surface area contributed by atoms with E-state index in [1.165, 1.54) is 11.3 Å². The van der Waals surface area contributed by atoms with Gasteiger partial charge in [0, 0.05) is 86.0 Å². The lowest BCUT2D eigenvalue weighted by Gasteiger charge is -2.32. The third-order valence-electron chi connectivity index (χ3n) is 7.77. The Labute approximate surface area is 196 Å². The molecule has 3 aliphatic rings. The van der Waals surface area contributed by atoms with E-state index in [0.717, 1.165) is 74.7 Å². The summed E-state index contributed by atoms with van der Waals surface area (Å²) in [6.07, 6.45) is 6.53. The van der Waals surface area contributed by atoms with Crippen molar-refractivity contribution in [3.05, 3.63) is 47.7 Å². The zero-order valence-electron chi connectivity index (χ0n) is 19.7. The Bertz CT molecular complexity index is 1060. The molecule has 0 unspecified atom stereocenters. The number of hydrogen-bond acceptors (Lipinski definition) is 3. The highest BCUT2D eigenvalue weighted by atomic mass is 16.5. The zero-order valence-corrected chi connectivity index (χ0v) is 19.7. The van der Waals surface area contributed by atoms with Crippen molar-refractivity contribution in [3.8, 4) is 0 Å². The van der Waals surface area contributed by atoms with E-state index in [0.29, 0.717) is 25.7 Å². The number of ether oxygens (including phenoxy) is 1. The van der Waals surface area contributed by atoms with E-state index in [2.05, 4.69) is 30.2 Å². The molecule has 0 bridgehead atoms. The average Bonchev–Trinajstić information content (AvgIpc) is 3.16. The summed E-state index contributed by atoms with van der Waals surface area (Å²) >= 11 is 0. The van der Waals surface area contributed by atoms with Crippen LogP contribution in [0.2, 0.25) is 0 Å². The smallest absolute Gasteiger partial charge is 0.253 e. The van der Waals surface area contributed by atoms with E-state index in [4.69, 9.17) is 4.74 Å². The van der Waals surface area contributed by atoms with Gasteiger partial charge in [0.25, 0.3) is 5.91 Å². The lowest BCUT2D eigenvalue weighted by Crippen LogP contribution is -2.41. The molecule has 1 aromatic heterocycles. The monoisotopic (exact) mass is 449 g/mol. The standard InChI is InChI=1S/C27H35N3O3/c1-3-11-30-24-5-4-21(27(32)28-12-6-19(2)7-13-28)17-22(24)23-18-29(14-8-25(23)30)26(31)20-9-15-33-16-10-20/h3-5,17,19-20H,1,6-16,18H2,2H3. The Balaban J connectivity index is 1.46. The number of carbonyl (C=O) groups excluding carboxylic acids is 2. The number of fused-ring (bicyclic) bond motifs is 3. The van der Waals surface area contributed by atoms with Gasteiger partial charge in [0.05, 0.1) is 0 Å². The second kappa shape index (κ2) is 9.34. The molecule has 2 fully saturated rings. The Morgan fingerprint density at radius 3 is 2.58 bits per heavy atom. The molecule has 2 saturated heterocycles. The number of rotatable bonds is 4. The van der Waals surface area contributed by atoms with Crippen LogP contribution in [0.25, 0.3) is 10.9 Å². The van der Waals surface area contributed by atoms with Crippen LogP contribution < -0.4 is 0 Å². The molecule has 5 rings (SSSR count). The predicted molar refractivity (Wildman–Crippen MR) is 129 cm³/mol. The summed E-state index contributed by atoms with van der Waals surface area (Å²) in [4.78, 5) is 30.5. The van der Waals surface area contributed by atoms with Gasteiger partial charge in [-0.05, 0) is 49.8 Å². The van der Waals surface area contributed by atoms with Crippen molar-refractivity contribution >= 4 is 22.7 Å². The maximum atomic E-state index is 13.3. The van der Waals surface area contributed by atoms with Crippen molar-refractivity contribution < 1.29 is 14.3 Å². The van der Waals surface area contributed by atoms with Crippen molar-refractivity contribution in [3.63, 3.8) is 0 Å². The maximum absolute atomic E-state index is 13.3. The minimum Gasteiger partial charge on any atom is -0.381 e. The van der Waals surface area contributed by atoms with Gasteiger partial charge in [0.2, 0.25) is 5.91 Å². The van der Waals surface area contributed by atoms with Crippen LogP contribution in [0.3, 0.4) is 0 Å². The molecule has 2 aromatic rings. The Kier molecular flexibility index (Phi) is 6.28. The highest BCUT2D eigenvalue weighted by Crippen LogP contribution is 2.33. The first-order chi connectivity index (χ1) is 16.1. The maximum Gasteiger partial charge on any atom is 0.253 e. The van der Waals surface area contributed by atoms with E-state index in [-0.39, 0.29) is 17.7 Å². The van der Waals surface area contributed by atoms with Crippen LogP contribution in [-0.4, -0.2) is 59.0 Å². The van der Waals surface area contributed by atoms with Crippen molar-refractivity contribution in [2.24, 2.45) is 11.8 Å². The molecule has 0 saturated carbocycles. The quantitative estimate of drug-likeness (QED) is 0.663. The van der Waals surface area contributed by atoms with Crippen molar-refractivity contribution in [2.75, 3.05) is 32.8 Å². The fourth-order valence-electron chi connectivity index (χ4n) is 5.71. The number of allylic oxidation sites excluding steroid dienone is 1. The third-order valence-corrected chi connectivity index (χ3v) is 7.77. The molecule has 0 radical (unpaired) electrons. The van der Waals surface area contributed by atoms with Gasteiger partial charge in [-0.15, -0.1) is 6.58 Å². The molecular weight excluding hydrogens is 414 g/mol. The van der Waals surface area contributed by atoms with E-state index in [1.807, 2.05) is 21.9 Å². The summed E-state index contributed by atoms with van der Waals surface area (Å²) in [7, 11) is 0. The van der Waals surface area contributed by atoms with Crippen molar-refractivity contribution in [1.29, 1.82) is 0 Å². The predicted octanol–water partition coefficient (Wildman–Crippen LogP) is 4.01. The van der Waals surface area contributed by atoms with Crippen LogP contribution in [0.4, 0.5) is 0 Å². The van der Waals surface area contributed by atoms with Crippen molar-refractivity contribution in [2.45, 2.75) is 52.1 Å². The van der Waals surface area contributed by atoms with Gasteiger partial charge < -0.3 is 19.1 Å². The number of piperidine rings is 1. The molecule has 6 nitrogen and oxygen atoms in total. The summed E-state index contributed by atoms with van der Waals surface area (Å²) < 4.78 is 7.76. The average molecular weight is 450 g/mol. The number of hydrogen-bond donors (Lipinski definition) is 0. The van der Waals surface area contributed by atoms with Gasteiger partial charge in [-0.2, -0.15) is 0 Å². The highest BCUT2D eigenvalue weighted by molar-refractivity contribution is 5.99. The van der Waals surface area contributed by atoms with Crippen LogP contribution in [-0.2, 0) is 29.0 Å². The molecule has 176 valence electrons. The Morgan fingerprint density at radius 2 is 1.85 bits per heavy atom. The van der Waals surface area contributed by atoms with Gasteiger partial charge in [-0.3, -0.25) is 9.59 Å². The fourth-order valence-corrected chi connectivity index (χ4v) is 5.71. The summed E-state index contributed by atoms with van der Waals surface area (Å²) in [6.45, 7) is 11.3. The fraction of sp³-hybridized carbons (Fsp3) is 0.556. The first kappa shape index (κ1) is 22.2. The summed E-state index contributed by atoms with van der Waals surface area (Å²) in [6, 6.07) is 6.12. The molecule has 2 amide bonds. The molecule has 0 spiro atoms. The lowest BCUT2D eigenvalue weighted by molar-refractivity contribution is -0.139. The summed E-state index contributed by atoms with van der Waals surface area (Å²) in [5, 5.41) is 1.10. The summed E-state index contributed by atoms with van der Waals surface area (Å²) in [5.74, 6) is 1.14. The number of aromatic nitrogens is 1. The second-order valence-electron chi connectivity index (χ2n) is 9.93. The number of nitrogens with zero attached hydrogens (tertiary/aromatic N) is 3. The third kappa shape index (κ3) is 4.21. The Morgan fingerprint density at radius 1 is 1.09 bits per heavy atom. The first-order valence-electron chi connectivity index (χ1n) is 12.5. The Hall–Kier alpha value is -2.60. The van der Waals surface area contributed by atoms with E-state index >= 15 is 0 Å². The first-order valence-corrected chi connectivity index (χ1v) is 12.5. The van der Waals surface area contributed by atoms with Crippen LogP contribution in [0, 0.1) is 11.8 Å². The molecule has 0 aliphatic carbocycles. The molecule has 0 N–H and O–H groups in total. The van der Waals surface area contributed by atoms with Crippen LogP contribution in [0.5, 0.6) is 0 Å². The normalized spacial score (nSPS) is 20.2. The van der Waals surface area contributed by atoms with Crippen LogP contribution >= 0.6 is 0 Å². The van der Waals surface area contributed by atoms with E-state index in [9.17, 15) is 9.59 Å². The largest absolute Gasteiger partial charge is 0.381 e. The van der Waals surface area contributed by atoms with Gasteiger partial charge in [0.1, 0.15) is 0 Å². The zero-order chi connectivity index (χ0) is 22.9. The minimum absolute atomic E-state index is 0.0699. The van der Waals surface area contributed by atoms with E-state index in [1.54, 1.807) is 0 Å². The molecule has 0 atom stereocenters. The molecule has 3 aliphatic heterocycles. The topological polar surface area (TPSA) is 54.8 Å². The number of likely N-dealkylation sites (tertiary alicyclic amines) is 1. The lowest BCUT2D eigenvalue weighted by atomic mass is 9.96. The van der Waals surface area contributed by atoms with Gasteiger partial charge in [-0.1, -0.05) is 13.0 Å².